The fraction of sp³-hybridized carbons (Fsp3) is 0.667. The molecule has 0 saturated heterocycles. The van der Waals surface area contributed by atoms with E-state index in [9.17, 15) is 9.59 Å². The van der Waals surface area contributed by atoms with Gasteiger partial charge in [-0.2, -0.15) is 20.8 Å². The van der Waals surface area contributed by atoms with Crippen molar-refractivity contribution in [3.05, 3.63) is 0 Å². The van der Waals surface area contributed by atoms with Crippen LogP contribution in [0.25, 0.3) is 0 Å². The van der Waals surface area contributed by atoms with Crippen molar-refractivity contribution in [2.45, 2.75) is 38.8 Å². The first kappa shape index (κ1) is 21.8. The summed E-state index contributed by atoms with van der Waals surface area (Å²) in [6.07, 6.45) is -0.0923. The van der Waals surface area contributed by atoms with E-state index in [1.54, 1.807) is 0 Å². The van der Waals surface area contributed by atoms with E-state index in [-0.39, 0.29) is 42.4 Å². The van der Waals surface area contributed by atoms with Crippen LogP contribution in [-0.2, 0) is 9.59 Å². The first-order valence-corrected chi connectivity index (χ1v) is 5.96. The Morgan fingerprint density at radius 1 is 0.952 bits per heavy atom. The average Bonchev–Trinajstić information content (AvgIpc) is 2.40. The van der Waals surface area contributed by atoms with Crippen molar-refractivity contribution in [3.8, 4) is 12.1 Å². The summed E-state index contributed by atoms with van der Waals surface area (Å²) in [6, 6.07) is 1.23. The number of hydrogen-bond donors (Lipinski definition) is 2. The Kier molecular flexibility index (Phi) is 11.6. The van der Waals surface area contributed by atoms with Gasteiger partial charge in [0, 0.05) is 11.8 Å². The number of nitriles is 2. The Hall–Kier alpha value is -1.48. The van der Waals surface area contributed by atoms with Gasteiger partial charge in [0.1, 0.15) is 0 Å². The molecule has 0 fully saturated rings. The molecule has 0 saturated carbocycles. The van der Waals surface area contributed by atoms with Gasteiger partial charge in [-0.05, 0) is 26.7 Å². The van der Waals surface area contributed by atoms with Gasteiger partial charge in [-0.15, -0.1) is 0 Å². The van der Waals surface area contributed by atoms with Gasteiger partial charge < -0.3 is 10.2 Å². The minimum absolute atomic E-state index is 0. The summed E-state index contributed by atoms with van der Waals surface area (Å²) >= 11 is 0. The summed E-state index contributed by atoms with van der Waals surface area (Å²) in [5, 5.41) is 42.2. The Bertz CT molecular complexity index is 427. The Balaban J connectivity index is 0. The van der Waals surface area contributed by atoms with Gasteiger partial charge in [0.15, 0.2) is 12.1 Å². The number of carbonyl (C=O) groups is 2. The first-order valence-electron chi connectivity index (χ1n) is 5.96. The molecule has 0 heterocycles. The van der Waals surface area contributed by atoms with E-state index >= 15 is 0 Å². The van der Waals surface area contributed by atoms with Crippen LogP contribution in [-0.4, -0.2) is 63.8 Å². The maximum atomic E-state index is 10.9. The predicted octanol–water partition coefficient (Wildman–Crippen LogP) is 0.796. The van der Waals surface area contributed by atoms with E-state index in [1.807, 2.05) is 12.1 Å². The van der Waals surface area contributed by atoms with Gasteiger partial charge in [-0.25, -0.2) is 9.59 Å². The van der Waals surface area contributed by atoms with Gasteiger partial charge in [-0.3, -0.25) is 0 Å². The summed E-state index contributed by atoms with van der Waals surface area (Å²) in [5.41, 5.74) is 0. The normalized spacial score (nSPS) is 15.8. The van der Waals surface area contributed by atoms with Gasteiger partial charge >= 0.3 is 41.5 Å². The van der Waals surface area contributed by atoms with Gasteiger partial charge in [0.05, 0.1) is 12.1 Å². The molecule has 0 aliphatic carbocycles. The van der Waals surface area contributed by atoms with Crippen molar-refractivity contribution < 1.29 is 19.8 Å². The number of nitrogens with zero attached hydrogens (tertiary/aromatic N) is 4. The van der Waals surface area contributed by atoms with Crippen molar-refractivity contribution in [2.24, 2.45) is 22.1 Å². The third-order valence-electron chi connectivity index (χ3n) is 2.51. The predicted molar refractivity (Wildman–Crippen MR) is 73.6 cm³/mol. The van der Waals surface area contributed by atoms with Crippen LogP contribution in [0.1, 0.15) is 26.7 Å². The van der Waals surface area contributed by atoms with Gasteiger partial charge in [0.25, 0.3) is 0 Å². The summed E-state index contributed by atoms with van der Waals surface area (Å²) in [7, 11) is 0. The molecule has 9 heteroatoms. The van der Waals surface area contributed by atoms with Crippen LogP contribution in [0, 0.1) is 34.5 Å². The number of azo groups is 1. The molecule has 0 bridgehead atoms. The SMILES string of the molecule is CC(C#N)CC(/N=N/C(CC(C)C#N)C(=O)O)C(=O)O.[NaH]. The van der Waals surface area contributed by atoms with Crippen LogP contribution >= 0.6 is 0 Å². The molecule has 0 spiro atoms. The van der Waals surface area contributed by atoms with E-state index < -0.39 is 35.9 Å². The molecule has 0 aromatic rings. The molecule has 110 valence electrons. The van der Waals surface area contributed by atoms with Gasteiger partial charge in [-0.1, -0.05) is 0 Å². The maximum absolute atomic E-state index is 10.9. The summed E-state index contributed by atoms with van der Waals surface area (Å²) in [6.45, 7) is 3.08. The summed E-state index contributed by atoms with van der Waals surface area (Å²) in [4.78, 5) is 21.9. The van der Waals surface area contributed by atoms with E-state index in [0.717, 1.165) is 0 Å². The van der Waals surface area contributed by atoms with Crippen molar-refractivity contribution >= 4 is 41.5 Å². The fourth-order valence-corrected chi connectivity index (χ4v) is 1.33. The van der Waals surface area contributed by atoms with Crippen LogP contribution in [0.15, 0.2) is 10.2 Å². The third-order valence-corrected chi connectivity index (χ3v) is 2.51. The molecular formula is C12H17N4NaO4. The summed E-state index contributed by atoms with van der Waals surface area (Å²) < 4.78 is 0. The topological polar surface area (TPSA) is 147 Å². The number of aliphatic carboxylic acids is 2. The van der Waals surface area contributed by atoms with Crippen LogP contribution in [0.5, 0.6) is 0 Å². The van der Waals surface area contributed by atoms with Crippen LogP contribution in [0.4, 0.5) is 0 Å². The Morgan fingerprint density at radius 2 is 1.24 bits per heavy atom. The molecule has 0 amide bonds. The molecule has 2 N–H and O–H groups in total. The number of carboxylic acids is 2. The van der Waals surface area contributed by atoms with Crippen molar-refractivity contribution in [3.63, 3.8) is 0 Å². The molecule has 0 aliphatic rings. The molecule has 8 nitrogen and oxygen atoms in total. The first-order chi connectivity index (χ1) is 9.31. The molecule has 0 aliphatic heterocycles. The number of hydrogen-bond acceptors (Lipinski definition) is 6. The minimum atomic E-state index is -1.27. The average molecular weight is 304 g/mol. The van der Waals surface area contributed by atoms with E-state index in [2.05, 4.69) is 10.2 Å². The Morgan fingerprint density at radius 3 is 1.43 bits per heavy atom. The molecule has 0 aromatic carbocycles. The van der Waals surface area contributed by atoms with E-state index in [4.69, 9.17) is 20.7 Å². The van der Waals surface area contributed by atoms with Crippen molar-refractivity contribution in [1.29, 1.82) is 10.5 Å². The van der Waals surface area contributed by atoms with E-state index in [0.29, 0.717) is 0 Å². The zero-order valence-electron chi connectivity index (χ0n) is 11.2. The van der Waals surface area contributed by atoms with E-state index in [1.165, 1.54) is 13.8 Å². The molecule has 0 rings (SSSR count). The zero-order valence-corrected chi connectivity index (χ0v) is 11.2. The molecule has 0 aromatic heterocycles. The van der Waals surface area contributed by atoms with Crippen LogP contribution in [0.2, 0.25) is 0 Å². The van der Waals surface area contributed by atoms with Crippen molar-refractivity contribution in [2.75, 3.05) is 0 Å². The monoisotopic (exact) mass is 304 g/mol. The quantitative estimate of drug-likeness (QED) is 0.500. The fourth-order valence-electron chi connectivity index (χ4n) is 1.33. The van der Waals surface area contributed by atoms with Crippen LogP contribution < -0.4 is 0 Å². The zero-order chi connectivity index (χ0) is 15.7. The number of carboxylic acid groups (broad SMARTS) is 2. The standard InChI is InChI=1S/C12H16N4O4.Na.H/c1-7(5-13)3-9(11(17)18)15-16-10(12(19)20)4-8(2)6-14;;/h7-10H,3-4H2,1-2H3,(H,17,18)(H,19,20);;/b16-15+;;. The van der Waals surface area contributed by atoms with Crippen molar-refractivity contribution in [1.82, 2.24) is 0 Å². The second-order valence-electron chi connectivity index (χ2n) is 4.47. The molecule has 4 atom stereocenters. The van der Waals surface area contributed by atoms with Gasteiger partial charge in [0.2, 0.25) is 0 Å². The summed E-state index contributed by atoms with van der Waals surface area (Å²) in [5.74, 6) is -3.60. The molecule has 0 radical (unpaired) electrons. The third kappa shape index (κ3) is 9.14. The second-order valence-corrected chi connectivity index (χ2v) is 4.47. The molecular weight excluding hydrogens is 287 g/mol. The van der Waals surface area contributed by atoms with Crippen LogP contribution in [0.3, 0.4) is 0 Å². The Labute approximate surface area is 144 Å². The number of rotatable bonds is 8. The molecule has 21 heavy (non-hydrogen) atoms. The second kappa shape index (κ2) is 11.2. The molecule has 4 unspecified atom stereocenters.